The first-order chi connectivity index (χ1) is 10.9. The van der Waals surface area contributed by atoms with Gasteiger partial charge in [-0.25, -0.2) is 0 Å². The summed E-state index contributed by atoms with van der Waals surface area (Å²) in [5, 5.41) is 8.79. The summed E-state index contributed by atoms with van der Waals surface area (Å²) in [6.45, 7) is 6.42. The molecule has 23 heavy (non-hydrogen) atoms. The van der Waals surface area contributed by atoms with Crippen LogP contribution in [0.15, 0.2) is 24.3 Å². The highest BCUT2D eigenvalue weighted by atomic mass is 16.5. The van der Waals surface area contributed by atoms with Crippen molar-refractivity contribution in [2.75, 3.05) is 12.0 Å². The van der Waals surface area contributed by atoms with Crippen molar-refractivity contribution in [1.29, 1.82) is 5.41 Å². The number of carbonyl (C=O) groups is 1. The molecule has 5 nitrogen and oxygen atoms in total. The van der Waals surface area contributed by atoms with Crippen LogP contribution in [-0.4, -0.2) is 42.1 Å². The highest BCUT2D eigenvalue weighted by molar-refractivity contribution is 6.05. The van der Waals surface area contributed by atoms with Crippen molar-refractivity contribution >= 4 is 17.5 Å². The van der Waals surface area contributed by atoms with Crippen LogP contribution in [-0.2, 0) is 9.53 Å². The van der Waals surface area contributed by atoms with Crippen LogP contribution in [0.25, 0.3) is 0 Å². The largest absolute Gasteiger partial charge is 0.468 e. The molecule has 0 unspecified atom stereocenters. The van der Waals surface area contributed by atoms with E-state index in [-0.39, 0.29) is 35.6 Å². The van der Waals surface area contributed by atoms with E-state index >= 15 is 0 Å². The number of rotatable bonds is 1. The van der Waals surface area contributed by atoms with Gasteiger partial charge in [-0.1, -0.05) is 39.0 Å². The Morgan fingerprint density at radius 3 is 2.65 bits per heavy atom. The van der Waals surface area contributed by atoms with E-state index in [2.05, 4.69) is 42.7 Å². The van der Waals surface area contributed by atoms with Gasteiger partial charge in [0.1, 0.15) is 11.9 Å². The van der Waals surface area contributed by atoms with Crippen molar-refractivity contribution in [3.63, 3.8) is 0 Å². The smallest absolute Gasteiger partial charge is 0.323 e. The van der Waals surface area contributed by atoms with Crippen LogP contribution in [0, 0.1) is 10.8 Å². The van der Waals surface area contributed by atoms with E-state index in [1.54, 1.807) is 0 Å². The van der Waals surface area contributed by atoms with E-state index in [1.807, 2.05) is 12.1 Å². The summed E-state index contributed by atoms with van der Waals surface area (Å²) in [7, 11) is 1.45. The molecule has 0 radical (unpaired) electrons. The fourth-order valence-corrected chi connectivity index (χ4v) is 4.73. The van der Waals surface area contributed by atoms with Gasteiger partial charge in [0, 0.05) is 11.6 Å². The third-order valence-corrected chi connectivity index (χ3v) is 5.47. The van der Waals surface area contributed by atoms with Crippen LogP contribution in [0.2, 0.25) is 0 Å². The molecular formula is C18H23N3O2. The van der Waals surface area contributed by atoms with Crippen LogP contribution in [0.5, 0.6) is 0 Å². The summed E-state index contributed by atoms with van der Waals surface area (Å²) >= 11 is 0. The van der Waals surface area contributed by atoms with Crippen molar-refractivity contribution in [3.8, 4) is 0 Å². The van der Waals surface area contributed by atoms with E-state index < -0.39 is 0 Å². The summed E-state index contributed by atoms with van der Waals surface area (Å²) in [6, 6.07) is 7.96. The van der Waals surface area contributed by atoms with Gasteiger partial charge >= 0.3 is 5.97 Å². The second-order valence-corrected chi connectivity index (χ2v) is 7.82. The van der Waals surface area contributed by atoms with Crippen molar-refractivity contribution in [2.45, 2.75) is 51.4 Å². The lowest BCUT2D eigenvalue weighted by Gasteiger charge is -2.35. The molecule has 1 N–H and O–H groups in total. The minimum atomic E-state index is -0.266. The number of nitrogens with one attached hydrogen (secondary N) is 1. The molecule has 4 atom stereocenters. The van der Waals surface area contributed by atoms with Gasteiger partial charge in [0.2, 0.25) is 0 Å². The molecule has 1 aromatic carbocycles. The molecule has 122 valence electrons. The van der Waals surface area contributed by atoms with E-state index in [1.165, 1.54) is 12.7 Å². The van der Waals surface area contributed by atoms with Gasteiger partial charge in [0.05, 0.1) is 19.3 Å². The Morgan fingerprint density at radius 2 is 2.00 bits per heavy atom. The minimum Gasteiger partial charge on any atom is -0.468 e. The lowest BCUT2D eigenvalue weighted by atomic mass is 9.85. The number of carbonyl (C=O) groups excluding carboxylic acids is 1. The molecule has 3 aliphatic rings. The number of fused-ring (bicyclic) bond motifs is 3. The van der Waals surface area contributed by atoms with Crippen molar-refractivity contribution in [3.05, 3.63) is 29.8 Å². The Morgan fingerprint density at radius 1 is 1.30 bits per heavy atom. The van der Waals surface area contributed by atoms with Gasteiger partial charge < -0.3 is 9.64 Å². The number of ether oxygens (including phenoxy) is 1. The Bertz CT molecular complexity index is 694. The fraction of sp³-hybridized carbons (Fsp3) is 0.556. The fourth-order valence-electron chi connectivity index (χ4n) is 4.73. The number of nitrogens with zero attached hydrogens (tertiary/aromatic N) is 2. The predicted octanol–water partition coefficient (Wildman–Crippen LogP) is 2.57. The third-order valence-electron chi connectivity index (χ3n) is 5.47. The molecule has 4 rings (SSSR count). The molecule has 0 spiro atoms. The number of hydrogen-bond donors (Lipinski definition) is 1. The molecule has 0 saturated carbocycles. The summed E-state index contributed by atoms with van der Waals surface area (Å²) in [4.78, 5) is 16.7. The third kappa shape index (κ3) is 1.77. The molecule has 5 heteroatoms. The van der Waals surface area contributed by atoms with Gasteiger partial charge in [-0.2, -0.15) is 0 Å². The van der Waals surface area contributed by atoms with Crippen LogP contribution < -0.4 is 4.90 Å². The number of methoxy groups -OCH3 is 1. The van der Waals surface area contributed by atoms with Crippen LogP contribution in [0.3, 0.4) is 0 Å². The van der Waals surface area contributed by atoms with Gasteiger partial charge in [-0.05, 0) is 23.5 Å². The Hall–Kier alpha value is -1.88. The zero-order valence-corrected chi connectivity index (χ0v) is 14.0. The zero-order chi connectivity index (χ0) is 16.5. The van der Waals surface area contributed by atoms with Crippen LogP contribution in [0.4, 0.5) is 5.69 Å². The number of anilines is 1. The number of amidine groups is 1. The number of esters is 1. The molecular weight excluding hydrogens is 290 g/mol. The van der Waals surface area contributed by atoms with Crippen molar-refractivity contribution < 1.29 is 9.53 Å². The maximum atomic E-state index is 12.4. The second kappa shape index (κ2) is 4.57. The first-order valence-corrected chi connectivity index (χ1v) is 8.18. The standard InChI is InChI=1S/C18H23N3O2/c1-18(2,3)14-15(19)21-12-8-6-5-7-10(12)11-9-13(17(22)23-4)20(14)16(11)21/h5-8,11,13-14,16,19H,9H2,1-4H3/t11-,13-,14+,16+/m0/s1. The zero-order valence-electron chi connectivity index (χ0n) is 14.0. The average molecular weight is 313 g/mol. The molecule has 0 aliphatic carbocycles. The molecule has 3 aliphatic heterocycles. The molecule has 2 saturated heterocycles. The molecule has 0 bridgehead atoms. The Kier molecular flexibility index (Phi) is 2.92. The molecule has 2 fully saturated rings. The van der Waals surface area contributed by atoms with Crippen molar-refractivity contribution in [1.82, 2.24) is 4.90 Å². The lowest BCUT2D eigenvalue weighted by Crippen LogP contribution is -2.50. The second-order valence-electron chi connectivity index (χ2n) is 7.82. The topological polar surface area (TPSA) is 56.6 Å². The van der Waals surface area contributed by atoms with E-state index in [0.29, 0.717) is 5.84 Å². The number of hydrogen-bond acceptors (Lipinski definition) is 4. The van der Waals surface area contributed by atoms with Gasteiger partial charge in [-0.3, -0.25) is 15.1 Å². The van der Waals surface area contributed by atoms with E-state index in [4.69, 9.17) is 10.1 Å². The summed E-state index contributed by atoms with van der Waals surface area (Å²) < 4.78 is 5.06. The Labute approximate surface area is 136 Å². The number of benzene rings is 1. The van der Waals surface area contributed by atoms with Gasteiger partial charge in [0.25, 0.3) is 0 Å². The first-order valence-electron chi connectivity index (χ1n) is 8.18. The minimum absolute atomic E-state index is 0.0741. The normalized spacial score (nSPS) is 32.2. The maximum Gasteiger partial charge on any atom is 0.323 e. The van der Waals surface area contributed by atoms with Crippen LogP contribution in [0.1, 0.15) is 38.7 Å². The number of para-hydroxylation sites is 1. The van der Waals surface area contributed by atoms with E-state index in [0.717, 1.165) is 12.1 Å². The van der Waals surface area contributed by atoms with E-state index in [9.17, 15) is 4.79 Å². The summed E-state index contributed by atoms with van der Waals surface area (Å²) in [6.07, 6.45) is 0.846. The SMILES string of the molecule is COC(=O)[C@@H]1C[C@H]2c3ccccc3N3C(=N)[C@H](C(C)(C)C)N1[C@@H]23. The summed E-state index contributed by atoms with van der Waals surface area (Å²) in [5.74, 6) is 0.690. The molecule has 3 heterocycles. The Balaban J connectivity index is 1.87. The quantitative estimate of drug-likeness (QED) is 0.810. The first kappa shape index (κ1) is 14.7. The average Bonchev–Trinajstić information content (AvgIpc) is 3.10. The molecule has 1 aromatic rings. The maximum absolute atomic E-state index is 12.4. The predicted molar refractivity (Wildman–Crippen MR) is 88.7 cm³/mol. The highest BCUT2D eigenvalue weighted by Crippen LogP contribution is 2.56. The summed E-state index contributed by atoms with van der Waals surface area (Å²) in [5.41, 5.74) is 2.27. The van der Waals surface area contributed by atoms with Crippen LogP contribution >= 0.6 is 0 Å². The van der Waals surface area contributed by atoms with Crippen molar-refractivity contribution in [2.24, 2.45) is 5.41 Å². The highest BCUT2D eigenvalue weighted by Gasteiger charge is 2.63. The molecule has 0 aromatic heterocycles. The monoisotopic (exact) mass is 313 g/mol. The lowest BCUT2D eigenvalue weighted by molar-refractivity contribution is -0.147. The molecule has 0 amide bonds. The van der Waals surface area contributed by atoms with Gasteiger partial charge in [0.15, 0.2) is 0 Å². The van der Waals surface area contributed by atoms with Gasteiger partial charge in [-0.15, -0.1) is 0 Å².